The summed E-state index contributed by atoms with van der Waals surface area (Å²) in [7, 11) is 1.63. The van der Waals surface area contributed by atoms with Crippen LogP contribution in [0.15, 0.2) is 12.2 Å². The normalized spacial score (nSPS) is 13.9. The number of hydrogen-bond donors (Lipinski definition) is 3. The van der Waals surface area contributed by atoms with E-state index in [9.17, 15) is 19.4 Å². The zero-order valence-electron chi connectivity index (χ0n) is 47.8. The van der Waals surface area contributed by atoms with Crippen LogP contribution in [-0.4, -0.2) is 73.4 Å². The second kappa shape index (κ2) is 53.1. The number of phosphoric acid groups is 1. The highest BCUT2D eigenvalue weighted by molar-refractivity contribution is 7.47. The Morgan fingerprint density at radius 1 is 0.471 bits per heavy atom. The number of nitrogens with one attached hydrogen (secondary N) is 1. The largest absolute Gasteiger partial charge is 0.472 e. The van der Waals surface area contributed by atoms with E-state index in [-0.39, 0.29) is 19.1 Å². The number of unbranched alkanes of at least 4 members (excludes halogenated alkanes) is 43. The Hall–Kier alpha value is -0.760. The molecule has 0 aromatic rings. The minimum atomic E-state index is -4.32. The van der Waals surface area contributed by atoms with Gasteiger partial charge in [0.2, 0.25) is 5.91 Å². The third-order valence-corrected chi connectivity index (χ3v) is 15.5. The molecule has 0 bridgehead atoms. The quantitative estimate of drug-likeness (QED) is 0.0243. The highest BCUT2D eigenvalue weighted by Gasteiger charge is 2.28. The van der Waals surface area contributed by atoms with Gasteiger partial charge in [0.25, 0.3) is 0 Å². The van der Waals surface area contributed by atoms with E-state index >= 15 is 0 Å². The van der Waals surface area contributed by atoms with Crippen LogP contribution < -0.4 is 5.32 Å². The lowest BCUT2D eigenvalue weighted by Gasteiger charge is -2.26. The van der Waals surface area contributed by atoms with Gasteiger partial charge in [-0.2, -0.15) is 0 Å². The van der Waals surface area contributed by atoms with Crippen molar-refractivity contribution < 1.29 is 32.9 Å². The van der Waals surface area contributed by atoms with Gasteiger partial charge < -0.3 is 19.8 Å². The average Bonchev–Trinajstić information content (AvgIpc) is 3.32. The fraction of sp³-hybridized carbons (Fsp3) is 0.951. The van der Waals surface area contributed by atoms with Crippen molar-refractivity contribution in [3.05, 3.63) is 12.2 Å². The molecule has 0 aromatic heterocycles. The Kier molecular flexibility index (Phi) is 52.5. The number of likely N-dealkylation sites (N-methyl/N-ethyl adjacent to an activating group) is 1. The number of amides is 1. The first-order valence-electron chi connectivity index (χ1n) is 31.1. The Morgan fingerprint density at radius 2 is 0.771 bits per heavy atom. The number of allylic oxidation sites excluding steroid dienone is 2. The van der Waals surface area contributed by atoms with Crippen LogP contribution in [0.4, 0.5) is 0 Å². The molecule has 70 heavy (non-hydrogen) atoms. The summed E-state index contributed by atoms with van der Waals surface area (Å²) in [6, 6.07) is -0.757. The number of quaternary nitrogens is 1. The van der Waals surface area contributed by atoms with Crippen LogP contribution in [0.3, 0.4) is 0 Å². The minimum absolute atomic E-state index is 0.0778. The molecule has 0 rings (SSSR count). The molecule has 0 aliphatic carbocycles. The molecule has 0 spiro atoms. The van der Waals surface area contributed by atoms with E-state index in [4.69, 9.17) is 9.05 Å². The number of aliphatic hydroxyl groups is 1. The first kappa shape index (κ1) is 69.2. The monoisotopic (exact) mass is 1010 g/mol. The molecule has 1 amide bonds. The predicted octanol–water partition coefficient (Wildman–Crippen LogP) is 19.0. The first-order valence-corrected chi connectivity index (χ1v) is 32.5. The Bertz CT molecular complexity index is 1150. The molecule has 0 radical (unpaired) electrons. The van der Waals surface area contributed by atoms with Crippen LogP contribution in [0, 0.1) is 0 Å². The number of phosphoric ester groups is 1. The number of nitrogens with zero attached hydrogens (tertiary/aromatic N) is 1. The minimum Gasteiger partial charge on any atom is -0.391 e. The number of carbonyl (C=O) groups excluding carboxylic acids is 1. The van der Waals surface area contributed by atoms with Gasteiger partial charge in [0.05, 0.1) is 39.9 Å². The van der Waals surface area contributed by atoms with Gasteiger partial charge in [0.1, 0.15) is 13.2 Å². The molecule has 0 aliphatic rings. The molecular formula is C61H124N2O6P+. The molecule has 3 unspecified atom stereocenters. The number of carbonyl (C=O) groups is 1. The van der Waals surface area contributed by atoms with Crippen molar-refractivity contribution in [1.29, 1.82) is 0 Å². The van der Waals surface area contributed by atoms with Crippen LogP contribution in [-0.2, 0) is 18.4 Å². The highest BCUT2D eigenvalue weighted by atomic mass is 31.2. The molecule has 9 heteroatoms. The molecule has 3 N–H and O–H groups in total. The van der Waals surface area contributed by atoms with Crippen molar-refractivity contribution in [2.75, 3.05) is 40.9 Å². The predicted molar refractivity (Wildman–Crippen MR) is 305 cm³/mol. The number of aliphatic hydroxyl groups excluding tert-OH is 1. The SMILES string of the molecule is CCCCCCCCCCCCCC/C=C\CCCCCCCCCCCCCCCCCCC(=O)NC(COP(=O)(O)OCC[N+](C)(C)C)C(O)CCCCCCCCCCCCCCCCCC. The van der Waals surface area contributed by atoms with E-state index in [1.165, 1.54) is 257 Å². The van der Waals surface area contributed by atoms with Crippen LogP contribution in [0.5, 0.6) is 0 Å². The summed E-state index contributed by atoms with van der Waals surface area (Å²) >= 11 is 0. The third kappa shape index (κ3) is 55.0. The molecule has 3 atom stereocenters. The zero-order chi connectivity index (χ0) is 51.3. The van der Waals surface area contributed by atoms with Gasteiger partial charge in [0, 0.05) is 6.42 Å². The van der Waals surface area contributed by atoms with Crippen LogP contribution >= 0.6 is 7.82 Å². The highest BCUT2D eigenvalue weighted by Crippen LogP contribution is 2.43. The first-order chi connectivity index (χ1) is 34.0. The maximum Gasteiger partial charge on any atom is 0.472 e. The Morgan fingerprint density at radius 3 is 1.10 bits per heavy atom. The van der Waals surface area contributed by atoms with E-state index < -0.39 is 20.0 Å². The topological polar surface area (TPSA) is 105 Å². The van der Waals surface area contributed by atoms with Crippen molar-refractivity contribution >= 4 is 13.7 Å². The summed E-state index contributed by atoms with van der Waals surface area (Å²) in [5.74, 6) is -0.138. The zero-order valence-corrected chi connectivity index (χ0v) is 48.7. The fourth-order valence-corrected chi connectivity index (χ4v) is 10.4. The Labute approximate surface area is 437 Å². The summed E-state index contributed by atoms with van der Waals surface area (Å²) in [6.45, 7) is 4.94. The summed E-state index contributed by atoms with van der Waals surface area (Å²) in [5, 5.41) is 14.1. The van der Waals surface area contributed by atoms with E-state index in [1.54, 1.807) is 0 Å². The maximum absolute atomic E-state index is 13.0. The lowest BCUT2D eigenvalue weighted by Crippen LogP contribution is -2.46. The smallest absolute Gasteiger partial charge is 0.391 e. The van der Waals surface area contributed by atoms with E-state index in [0.29, 0.717) is 23.9 Å². The second-order valence-corrected chi connectivity index (χ2v) is 24.2. The van der Waals surface area contributed by atoms with E-state index in [2.05, 4.69) is 31.3 Å². The van der Waals surface area contributed by atoms with Crippen molar-refractivity contribution in [2.45, 2.75) is 334 Å². The molecule has 8 nitrogen and oxygen atoms in total. The van der Waals surface area contributed by atoms with Gasteiger partial charge in [-0.25, -0.2) is 4.57 Å². The number of rotatable bonds is 58. The van der Waals surface area contributed by atoms with Gasteiger partial charge in [0.15, 0.2) is 0 Å². The van der Waals surface area contributed by atoms with Crippen molar-refractivity contribution in [3.8, 4) is 0 Å². The van der Waals surface area contributed by atoms with Gasteiger partial charge in [-0.05, 0) is 38.5 Å². The molecule has 0 aliphatic heterocycles. The molecule has 0 aromatic carbocycles. The average molecular weight is 1010 g/mol. The fourth-order valence-electron chi connectivity index (χ4n) is 9.63. The van der Waals surface area contributed by atoms with Crippen molar-refractivity contribution in [3.63, 3.8) is 0 Å². The van der Waals surface area contributed by atoms with Crippen molar-refractivity contribution in [1.82, 2.24) is 5.32 Å². The van der Waals surface area contributed by atoms with Gasteiger partial charge >= 0.3 is 7.82 Å². The lowest BCUT2D eigenvalue weighted by molar-refractivity contribution is -0.870. The summed E-state index contributed by atoms with van der Waals surface area (Å²) in [5.41, 5.74) is 0. The van der Waals surface area contributed by atoms with Gasteiger partial charge in [-0.15, -0.1) is 0 Å². The van der Waals surface area contributed by atoms with Crippen LogP contribution in [0.25, 0.3) is 0 Å². The molecular weight excluding hydrogens is 888 g/mol. The third-order valence-electron chi connectivity index (χ3n) is 14.5. The molecule has 0 saturated heterocycles. The van der Waals surface area contributed by atoms with Crippen molar-refractivity contribution in [2.24, 2.45) is 0 Å². The summed E-state index contributed by atoms with van der Waals surface area (Å²) in [4.78, 5) is 23.3. The lowest BCUT2D eigenvalue weighted by atomic mass is 10.0. The van der Waals surface area contributed by atoms with E-state index in [0.717, 1.165) is 38.5 Å². The van der Waals surface area contributed by atoms with Gasteiger partial charge in [-0.1, -0.05) is 289 Å². The molecule has 0 heterocycles. The van der Waals surface area contributed by atoms with E-state index in [1.807, 2.05) is 21.1 Å². The Balaban J connectivity index is 3.99. The molecule has 418 valence electrons. The standard InChI is InChI=1S/C61H123N2O6P/c1-6-8-10-12-14-16-18-20-22-24-25-26-27-28-29-30-31-32-33-34-35-36-37-38-39-41-43-45-47-49-51-53-55-61(65)62-59(58-69-70(66,67)68-57-56-63(3,4)5)60(64)54-52-50-48-46-44-42-40-23-21-19-17-15-13-11-9-7-2/h28-29,59-60,64H,6-27,30-58H2,1-5H3,(H-,62,65,66,67)/p+1/b29-28-. The molecule has 0 fully saturated rings. The number of hydrogen-bond acceptors (Lipinski definition) is 5. The second-order valence-electron chi connectivity index (χ2n) is 22.8. The van der Waals surface area contributed by atoms with Crippen LogP contribution in [0.1, 0.15) is 322 Å². The molecule has 0 saturated carbocycles. The summed E-state index contributed by atoms with van der Waals surface area (Å²) < 4.78 is 23.8. The van der Waals surface area contributed by atoms with Gasteiger partial charge in [-0.3, -0.25) is 13.8 Å². The maximum atomic E-state index is 13.0. The summed E-state index contributed by atoms with van der Waals surface area (Å²) in [6.07, 6.45) is 65.7. The van der Waals surface area contributed by atoms with Crippen LogP contribution in [0.2, 0.25) is 0 Å².